The molecular weight excluding hydrogens is 400 g/mol. The lowest BCUT2D eigenvalue weighted by Crippen LogP contribution is -1.96. The van der Waals surface area contributed by atoms with Crippen LogP contribution in [-0.4, -0.2) is 33.6 Å². The molecule has 0 N–H and O–H groups in total. The van der Waals surface area contributed by atoms with Gasteiger partial charge in [0.05, 0.1) is 28.4 Å². The third-order valence-electron chi connectivity index (χ3n) is 4.65. The molecule has 0 spiro atoms. The van der Waals surface area contributed by atoms with Crippen LogP contribution in [0, 0.1) is 0 Å². The van der Waals surface area contributed by atoms with Crippen LogP contribution in [0.4, 0.5) is 0 Å². The first-order valence-electron chi connectivity index (χ1n) is 9.28. The molecule has 0 aromatic heterocycles. The van der Waals surface area contributed by atoms with Gasteiger partial charge in [-0.3, -0.25) is 4.79 Å². The summed E-state index contributed by atoms with van der Waals surface area (Å²) in [6.07, 6.45) is 0. The molecule has 3 rings (SSSR count). The Balaban J connectivity index is 2.13. The van der Waals surface area contributed by atoms with Crippen LogP contribution in [0.3, 0.4) is 0 Å². The molecule has 0 radical (unpaired) electrons. The third-order valence-corrected chi connectivity index (χ3v) is 5.44. The first-order valence-corrected chi connectivity index (χ1v) is 10.1. The Bertz CT molecular complexity index is 1040. The number of methoxy groups -OCH3 is 4. The molecule has 0 amide bonds. The molecule has 3 aromatic carbocycles. The van der Waals surface area contributed by atoms with Crippen LogP contribution in [0.2, 0.25) is 0 Å². The van der Waals surface area contributed by atoms with Gasteiger partial charge in [0.1, 0.15) is 23.0 Å². The summed E-state index contributed by atoms with van der Waals surface area (Å²) in [6, 6.07) is 17.3. The summed E-state index contributed by atoms with van der Waals surface area (Å²) in [5.41, 5.74) is 3.52. The van der Waals surface area contributed by atoms with Crippen molar-refractivity contribution in [1.82, 2.24) is 0 Å². The summed E-state index contributed by atoms with van der Waals surface area (Å²) >= 11 is 1.21. The van der Waals surface area contributed by atoms with E-state index in [1.807, 2.05) is 54.6 Å². The SMILES string of the molecule is COc1ccc(OC)c(-c2cc(OC)c(-c3ccc(SC(C)=O)cc3)cc2OC)c1. The highest BCUT2D eigenvalue weighted by Crippen LogP contribution is 2.44. The van der Waals surface area contributed by atoms with Crippen LogP contribution in [0.15, 0.2) is 59.5 Å². The van der Waals surface area contributed by atoms with E-state index in [2.05, 4.69) is 0 Å². The number of hydrogen-bond acceptors (Lipinski definition) is 6. The van der Waals surface area contributed by atoms with Crippen molar-refractivity contribution >= 4 is 16.9 Å². The molecule has 0 atom stereocenters. The van der Waals surface area contributed by atoms with Gasteiger partial charge in [0.2, 0.25) is 0 Å². The molecule has 0 saturated heterocycles. The second-order valence-electron chi connectivity index (χ2n) is 6.44. The zero-order valence-corrected chi connectivity index (χ0v) is 18.5. The molecule has 0 aliphatic carbocycles. The summed E-state index contributed by atoms with van der Waals surface area (Å²) < 4.78 is 22.3. The Labute approximate surface area is 180 Å². The van der Waals surface area contributed by atoms with Gasteiger partial charge in [0, 0.05) is 28.5 Å². The molecular formula is C24H24O5S. The second-order valence-corrected chi connectivity index (χ2v) is 7.69. The molecule has 0 fully saturated rings. The van der Waals surface area contributed by atoms with Crippen LogP contribution >= 0.6 is 11.8 Å². The molecule has 30 heavy (non-hydrogen) atoms. The van der Waals surface area contributed by atoms with Crippen molar-refractivity contribution in [2.45, 2.75) is 11.8 Å². The van der Waals surface area contributed by atoms with Crippen molar-refractivity contribution in [3.05, 3.63) is 54.6 Å². The highest BCUT2D eigenvalue weighted by molar-refractivity contribution is 8.13. The van der Waals surface area contributed by atoms with Gasteiger partial charge in [0.15, 0.2) is 5.12 Å². The second kappa shape index (κ2) is 9.59. The van der Waals surface area contributed by atoms with Crippen molar-refractivity contribution < 1.29 is 23.7 Å². The highest BCUT2D eigenvalue weighted by Gasteiger charge is 2.18. The zero-order valence-electron chi connectivity index (χ0n) is 17.6. The Kier molecular flexibility index (Phi) is 6.90. The summed E-state index contributed by atoms with van der Waals surface area (Å²) in [4.78, 5) is 12.2. The fraction of sp³-hybridized carbons (Fsp3) is 0.208. The standard InChI is InChI=1S/C24H24O5S/c1-15(25)30-18-9-6-16(7-10-18)19-13-24(29-5)21(14-23(19)28-4)20-12-17(26-2)8-11-22(20)27-3/h6-14H,1-5H3. The van der Waals surface area contributed by atoms with Crippen molar-refractivity contribution in [2.24, 2.45) is 0 Å². The van der Waals surface area contributed by atoms with Crippen LogP contribution in [0.5, 0.6) is 23.0 Å². The lowest BCUT2D eigenvalue weighted by molar-refractivity contribution is -0.109. The smallest absolute Gasteiger partial charge is 0.190 e. The van der Waals surface area contributed by atoms with E-state index in [1.54, 1.807) is 35.4 Å². The summed E-state index contributed by atoms with van der Waals surface area (Å²) in [6.45, 7) is 1.55. The number of carbonyl (C=O) groups is 1. The molecule has 5 nitrogen and oxygen atoms in total. The molecule has 0 saturated carbocycles. The van der Waals surface area contributed by atoms with Crippen LogP contribution in [-0.2, 0) is 4.79 Å². The summed E-state index contributed by atoms with van der Waals surface area (Å²) in [5.74, 6) is 2.80. The Hall–Kier alpha value is -3.12. The van der Waals surface area contributed by atoms with Gasteiger partial charge in [0.25, 0.3) is 0 Å². The van der Waals surface area contributed by atoms with Gasteiger partial charge < -0.3 is 18.9 Å². The van der Waals surface area contributed by atoms with E-state index >= 15 is 0 Å². The van der Waals surface area contributed by atoms with E-state index in [0.29, 0.717) is 17.2 Å². The van der Waals surface area contributed by atoms with E-state index in [9.17, 15) is 4.79 Å². The molecule has 0 unspecified atom stereocenters. The van der Waals surface area contributed by atoms with E-state index in [1.165, 1.54) is 11.8 Å². The fourth-order valence-electron chi connectivity index (χ4n) is 3.23. The molecule has 156 valence electrons. The van der Waals surface area contributed by atoms with Crippen LogP contribution < -0.4 is 18.9 Å². The van der Waals surface area contributed by atoms with Gasteiger partial charge in [-0.05, 0) is 48.0 Å². The Morgan fingerprint density at radius 3 is 1.80 bits per heavy atom. The monoisotopic (exact) mass is 424 g/mol. The van der Waals surface area contributed by atoms with E-state index in [-0.39, 0.29) is 5.12 Å². The predicted octanol–water partition coefficient (Wildman–Crippen LogP) is 5.69. The van der Waals surface area contributed by atoms with E-state index in [4.69, 9.17) is 18.9 Å². The van der Waals surface area contributed by atoms with Crippen molar-refractivity contribution in [3.63, 3.8) is 0 Å². The lowest BCUT2D eigenvalue weighted by atomic mass is 9.97. The first kappa shape index (κ1) is 21.6. The maximum Gasteiger partial charge on any atom is 0.190 e. The minimum Gasteiger partial charge on any atom is -0.497 e. The lowest BCUT2D eigenvalue weighted by Gasteiger charge is -2.18. The summed E-state index contributed by atoms with van der Waals surface area (Å²) in [7, 11) is 6.52. The number of hydrogen-bond donors (Lipinski definition) is 0. The number of thioether (sulfide) groups is 1. The van der Waals surface area contributed by atoms with E-state index < -0.39 is 0 Å². The minimum absolute atomic E-state index is 0.0542. The Morgan fingerprint density at radius 2 is 1.23 bits per heavy atom. The van der Waals surface area contributed by atoms with Gasteiger partial charge in [-0.15, -0.1) is 0 Å². The minimum atomic E-state index is 0.0542. The largest absolute Gasteiger partial charge is 0.497 e. The van der Waals surface area contributed by atoms with Gasteiger partial charge in [-0.25, -0.2) is 0 Å². The maximum atomic E-state index is 11.3. The number of carbonyl (C=O) groups excluding carboxylic acids is 1. The fourth-order valence-corrected chi connectivity index (χ4v) is 3.83. The third kappa shape index (κ3) is 4.54. The van der Waals surface area contributed by atoms with Crippen LogP contribution in [0.25, 0.3) is 22.3 Å². The normalized spacial score (nSPS) is 10.4. The van der Waals surface area contributed by atoms with Gasteiger partial charge in [-0.2, -0.15) is 0 Å². The highest BCUT2D eigenvalue weighted by atomic mass is 32.2. The quantitative estimate of drug-likeness (QED) is 0.454. The van der Waals surface area contributed by atoms with Gasteiger partial charge >= 0.3 is 0 Å². The van der Waals surface area contributed by atoms with E-state index in [0.717, 1.165) is 32.9 Å². The van der Waals surface area contributed by atoms with Crippen LogP contribution in [0.1, 0.15) is 6.92 Å². The van der Waals surface area contributed by atoms with Crippen molar-refractivity contribution in [1.29, 1.82) is 0 Å². The number of benzene rings is 3. The Morgan fingerprint density at radius 1 is 0.667 bits per heavy atom. The summed E-state index contributed by atoms with van der Waals surface area (Å²) in [5, 5.41) is 0.0542. The molecule has 6 heteroatoms. The zero-order chi connectivity index (χ0) is 21.7. The molecule has 0 bridgehead atoms. The molecule has 0 heterocycles. The van der Waals surface area contributed by atoms with Crippen molar-refractivity contribution in [3.8, 4) is 45.3 Å². The first-order chi connectivity index (χ1) is 14.5. The molecule has 3 aromatic rings. The molecule has 0 aliphatic rings. The predicted molar refractivity (Wildman–Crippen MR) is 120 cm³/mol. The average molecular weight is 425 g/mol. The average Bonchev–Trinajstić information content (AvgIpc) is 2.77. The van der Waals surface area contributed by atoms with Crippen molar-refractivity contribution in [2.75, 3.05) is 28.4 Å². The molecule has 0 aliphatic heterocycles. The van der Waals surface area contributed by atoms with Gasteiger partial charge in [-0.1, -0.05) is 23.9 Å². The topological polar surface area (TPSA) is 54.0 Å². The maximum absolute atomic E-state index is 11.3. The number of ether oxygens (including phenoxy) is 4. The number of rotatable bonds is 7.